The van der Waals surface area contributed by atoms with Gasteiger partial charge in [-0.05, 0) is 41.8 Å². The Morgan fingerprint density at radius 2 is 2.00 bits per heavy atom. The molecule has 34 heavy (non-hydrogen) atoms. The van der Waals surface area contributed by atoms with Gasteiger partial charge in [-0.1, -0.05) is 36.4 Å². The zero-order valence-corrected chi connectivity index (χ0v) is 20.9. The number of nitrogens with one attached hydrogen (secondary N) is 1. The molecular formula is C24H24N4O3S3. The number of hydrogen-bond acceptors (Lipinski definition) is 7. The van der Waals surface area contributed by atoms with Gasteiger partial charge >= 0.3 is 0 Å². The number of rotatable bonds is 6. The predicted octanol–water partition coefficient (Wildman–Crippen LogP) is 4.03. The second kappa shape index (κ2) is 9.60. The van der Waals surface area contributed by atoms with Crippen LogP contribution in [0.4, 0.5) is 5.00 Å². The van der Waals surface area contributed by atoms with Crippen molar-refractivity contribution in [1.82, 2.24) is 9.21 Å². The summed E-state index contributed by atoms with van der Waals surface area (Å²) < 4.78 is 27.6. The minimum Gasteiger partial charge on any atom is -0.315 e. The summed E-state index contributed by atoms with van der Waals surface area (Å²) in [5.74, 6) is -0.367. The topological polar surface area (TPSA) is 93.5 Å². The van der Waals surface area contributed by atoms with Gasteiger partial charge in [-0.3, -0.25) is 9.69 Å². The van der Waals surface area contributed by atoms with Gasteiger partial charge in [0, 0.05) is 31.1 Å². The Balaban J connectivity index is 1.33. The fourth-order valence-electron chi connectivity index (χ4n) is 4.65. The Bertz CT molecular complexity index is 1330. The molecule has 3 aromatic rings. The van der Waals surface area contributed by atoms with Crippen LogP contribution in [0.25, 0.3) is 0 Å². The molecule has 1 unspecified atom stereocenters. The van der Waals surface area contributed by atoms with Crippen LogP contribution in [0.2, 0.25) is 0 Å². The normalized spacial score (nSPS) is 19.0. The molecule has 2 aliphatic heterocycles. The third kappa shape index (κ3) is 4.42. The smallest absolute Gasteiger partial charge is 0.253 e. The fourth-order valence-corrected chi connectivity index (χ4v) is 8.67. The molecule has 1 N–H and O–H groups in total. The molecule has 2 aliphatic rings. The zero-order chi connectivity index (χ0) is 23.7. The number of benzene rings is 1. The molecule has 176 valence electrons. The first-order valence-electron chi connectivity index (χ1n) is 11.1. The molecule has 0 radical (unpaired) electrons. The summed E-state index contributed by atoms with van der Waals surface area (Å²) in [6, 6.07) is 15.0. The largest absolute Gasteiger partial charge is 0.315 e. The molecule has 10 heteroatoms. The number of nitriles is 1. The maximum absolute atomic E-state index is 13.2. The van der Waals surface area contributed by atoms with Gasteiger partial charge < -0.3 is 5.32 Å². The molecule has 1 amide bonds. The highest BCUT2D eigenvalue weighted by Gasteiger charge is 2.40. The monoisotopic (exact) mass is 512 g/mol. The number of thiophene rings is 2. The first-order chi connectivity index (χ1) is 16.5. The van der Waals surface area contributed by atoms with Crippen molar-refractivity contribution in [3.8, 4) is 6.07 Å². The van der Waals surface area contributed by atoms with Crippen LogP contribution in [0.5, 0.6) is 0 Å². The van der Waals surface area contributed by atoms with Gasteiger partial charge in [0.25, 0.3) is 10.0 Å². The summed E-state index contributed by atoms with van der Waals surface area (Å²) in [5, 5.41) is 15.0. The molecule has 7 nitrogen and oxygen atoms in total. The molecule has 0 saturated carbocycles. The SMILES string of the molecule is N#Cc1c(NC(=O)C2CCCN2S(=O)(=O)c2cccs2)sc2c1CCN(Cc1ccccc1)C2. The average Bonchev–Trinajstić information content (AvgIpc) is 3.59. The average molecular weight is 513 g/mol. The Morgan fingerprint density at radius 3 is 2.74 bits per heavy atom. The Hall–Kier alpha value is -2.55. The van der Waals surface area contributed by atoms with Crippen LogP contribution in [-0.4, -0.2) is 42.7 Å². The van der Waals surface area contributed by atoms with Crippen LogP contribution in [0.3, 0.4) is 0 Å². The number of anilines is 1. The molecule has 1 fully saturated rings. The highest BCUT2D eigenvalue weighted by molar-refractivity contribution is 7.91. The van der Waals surface area contributed by atoms with E-state index in [4.69, 9.17) is 0 Å². The third-order valence-electron chi connectivity index (χ3n) is 6.30. The molecule has 1 saturated heterocycles. The van der Waals surface area contributed by atoms with E-state index in [2.05, 4.69) is 28.4 Å². The number of nitrogens with zero attached hydrogens (tertiary/aromatic N) is 3. The van der Waals surface area contributed by atoms with Crippen molar-refractivity contribution in [2.45, 2.75) is 42.6 Å². The van der Waals surface area contributed by atoms with Crippen molar-refractivity contribution in [1.29, 1.82) is 5.26 Å². The molecule has 0 aliphatic carbocycles. The van der Waals surface area contributed by atoms with Crippen LogP contribution < -0.4 is 5.32 Å². The van der Waals surface area contributed by atoms with E-state index in [1.165, 1.54) is 21.2 Å². The van der Waals surface area contributed by atoms with Crippen molar-refractivity contribution in [2.75, 3.05) is 18.4 Å². The van der Waals surface area contributed by atoms with Crippen LogP contribution in [0.1, 0.15) is 34.4 Å². The summed E-state index contributed by atoms with van der Waals surface area (Å²) in [5.41, 5.74) is 2.75. The zero-order valence-electron chi connectivity index (χ0n) is 18.4. The maximum atomic E-state index is 13.2. The van der Waals surface area contributed by atoms with E-state index in [9.17, 15) is 18.5 Å². The maximum Gasteiger partial charge on any atom is 0.253 e. The molecule has 4 heterocycles. The number of fused-ring (bicyclic) bond motifs is 1. The van der Waals surface area contributed by atoms with Crippen molar-refractivity contribution < 1.29 is 13.2 Å². The lowest BCUT2D eigenvalue weighted by Crippen LogP contribution is -2.42. The van der Waals surface area contributed by atoms with E-state index in [-0.39, 0.29) is 10.1 Å². The lowest BCUT2D eigenvalue weighted by atomic mass is 10.0. The van der Waals surface area contributed by atoms with Crippen molar-refractivity contribution in [3.63, 3.8) is 0 Å². The number of carbonyl (C=O) groups excluding carboxylic acids is 1. The van der Waals surface area contributed by atoms with Gasteiger partial charge in [0.15, 0.2) is 0 Å². The van der Waals surface area contributed by atoms with Gasteiger partial charge in [-0.15, -0.1) is 22.7 Å². The van der Waals surface area contributed by atoms with Crippen LogP contribution in [0, 0.1) is 11.3 Å². The van der Waals surface area contributed by atoms with E-state index in [1.807, 2.05) is 18.2 Å². The number of amides is 1. The molecule has 2 aromatic heterocycles. The predicted molar refractivity (Wildman–Crippen MR) is 133 cm³/mol. The van der Waals surface area contributed by atoms with E-state index in [0.717, 1.165) is 47.8 Å². The van der Waals surface area contributed by atoms with Gasteiger partial charge in [-0.2, -0.15) is 9.57 Å². The standard InChI is InChI=1S/C24H24N4O3S3/c25-14-19-18-10-12-27(15-17-6-2-1-3-7-17)16-21(18)33-24(19)26-23(29)20-8-4-11-28(20)34(30,31)22-9-5-13-32-22/h1-3,5-7,9,13,20H,4,8,10-12,15-16H2,(H,26,29). The summed E-state index contributed by atoms with van der Waals surface area (Å²) >= 11 is 2.58. The molecule has 0 bridgehead atoms. The minimum atomic E-state index is -3.71. The summed E-state index contributed by atoms with van der Waals surface area (Å²) in [6.45, 7) is 2.72. The molecule has 5 rings (SSSR count). The van der Waals surface area contributed by atoms with Crippen LogP contribution in [-0.2, 0) is 34.3 Å². The van der Waals surface area contributed by atoms with Crippen molar-refractivity contribution >= 4 is 43.6 Å². The molecule has 0 spiro atoms. The van der Waals surface area contributed by atoms with Gasteiger partial charge in [-0.25, -0.2) is 8.42 Å². The Labute approximate surface area is 207 Å². The fraction of sp³-hybridized carbons (Fsp3) is 0.333. The minimum absolute atomic E-state index is 0.245. The van der Waals surface area contributed by atoms with Gasteiger partial charge in [0.05, 0.1) is 5.56 Å². The molecular weight excluding hydrogens is 488 g/mol. The van der Waals surface area contributed by atoms with Crippen LogP contribution >= 0.6 is 22.7 Å². The molecule has 1 aromatic carbocycles. The highest BCUT2D eigenvalue weighted by Crippen LogP contribution is 2.38. The van der Waals surface area contributed by atoms with E-state index < -0.39 is 16.1 Å². The summed E-state index contributed by atoms with van der Waals surface area (Å²) in [4.78, 5) is 16.6. The second-order valence-corrected chi connectivity index (χ2v) is 12.6. The van der Waals surface area contributed by atoms with E-state index in [0.29, 0.717) is 30.0 Å². The first kappa shape index (κ1) is 23.2. The van der Waals surface area contributed by atoms with E-state index >= 15 is 0 Å². The lowest BCUT2D eigenvalue weighted by Gasteiger charge is -2.26. The lowest BCUT2D eigenvalue weighted by molar-refractivity contribution is -0.119. The number of sulfonamides is 1. The Morgan fingerprint density at radius 1 is 1.18 bits per heavy atom. The third-order valence-corrected chi connectivity index (χ3v) is 10.7. The van der Waals surface area contributed by atoms with Gasteiger partial charge in [0.2, 0.25) is 5.91 Å². The second-order valence-electron chi connectivity index (χ2n) is 8.46. The van der Waals surface area contributed by atoms with Crippen molar-refractivity contribution in [2.24, 2.45) is 0 Å². The van der Waals surface area contributed by atoms with Crippen molar-refractivity contribution in [3.05, 3.63) is 69.4 Å². The molecule has 1 atom stereocenters. The Kier molecular flexibility index (Phi) is 6.55. The summed E-state index contributed by atoms with van der Waals surface area (Å²) in [6.07, 6.45) is 1.84. The summed E-state index contributed by atoms with van der Waals surface area (Å²) in [7, 11) is -3.71. The number of carbonyl (C=O) groups is 1. The van der Waals surface area contributed by atoms with Gasteiger partial charge in [0.1, 0.15) is 21.3 Å². The number of hydrogen-bond donors (Lipinski definition) is 1. The first-order valence-corrected chi connectivity index (χ1v) is 14.3. The van der Waals surface area contributed by atoms with E-state index in [1.54, 1.807) is 17.5 Å². The van der Waals surface area contributed by atoms with Crippen LogP contribution in [0.15, 0.2) is 52.1 Å². The highest BCUT2D eigenvalue weighted by atomic mass is 32.2. The quantitative estimate of drug-likeness (QED) is 0.538.